The summed E-state index contributed by atoms with van der Waals surface area (Å²) in [5.74, 6) is -0.123. The lowest BCUT2D eigenvalue weighted by atomic mass is 10.1. The van der Waals surface area contributed by atoms with E-state index in [1.54, 1.807) is 24.3 Å². The van der Waals surface area contributed by atoms with Crippen molar-refractivity contribution in [2.45, 2.75) is 54.7 Å². The van der Waals surface area contributed by atoms with Gasteiger partial charge in [-0.25, -0.2) is 8.42 Å². The van der Waals surface area contributed by atoms with Gasteiger partial charge in [-0.2, -0.15) is 0 Å². The average Bonchev–Trinajstić information content (AvgIpc) is 3.11. The second-order valence-electron chi connectivity index (χ2n) is 6.47. The Balaban J connectivity index is 0.00000208. The smallest absolute Gasteiger partial charge is 0.251 e. The number of rotatable bonds is 4. The van der Waals surface area contributed by atoms with Crippen molar-refractivity contribution >= 4 is 28.2 Å². The van der Waals surface area contributed by atoms with Crippen LogP contribution in [0.25, 0.3) is 0 Å². The highest BCUT2D eigenvalue weighted by molar-refractivity contribution is 7.92. The van der Waals surface area contributed by atoms with Crippen molar-refractivity contribution in [1.82, 2.24) is 10.6 Å². The minimum Gasteiger partial charge on any atom is -0.349 e. The molecule has 1 aromatic carbocycles. The van der Waals surface area contributed by atoms with Crippen molar-refractivity contribution in [3.05, 3.63) is 29.8 Å². The minimum atomic E-state index is -3.25. The Morgan fingerprint density at radius 1 is 1.00 bits per heavy atom. The Morgan fingerprint density at radius 3 is 2.17 bits per heavy atom. The Hall–Kier alpha value is -1.11. The van der Waals surface area contributed by atoms with Crippen molar-refractivity contribution in [3.63, 3.8) is 0 Å². The third-order valence-corrected chi connectivity index (χ3v) is 7.14. The van der Waals surface area contributed by atoms with Crippen LogP contribution in [0.2, 0.25) is 0 Å². The van der Waals surface area contributed by atoms with Crippen molar-refractivity contribution < 1.29 is 13.2 Å². The van der Waals surface area contributed by atoms with Crippen LogP contribution in [-0.2, 0) is 9.84 Å². The van der Waals surface area contributed by atoms with E-state index in [2.05, 4.69) is 10.6 Å². The maximum Gasteiger partial charge on any atom is 0.251 e. The molecule has 0 bridgehead atoms. The second-order valence-corrected chi connectivity index (χ2v) is 8.70. The number of sulfone groups is 1. The molecule has 5 nitrogen and oxygen atoms in total. The molecule has 0 radical (unpaired) electrons. The molecule has 1 heterocycles. The fourth-order valence-corrected chi connectivity index (χ4v) is 5.28. The molecule has 7 heteroatoms. The minimum absolute atomic E-state index is 0. The van der Waals surface area contributed by atoms with Gasteiger partial charge < -0.3 is 10.6 Å². The molecule has 134 valence electrons. The predicted octanol–water partition coefficient (Wildman–Crippen LogP) is 2.31. The van der Waals surface area contributed by atoms with Crippen LogP contribution in [0.1, 0.15) is 48.9 Å². The molecule has 0 aromatic heterocycles. The molecule has 1 aliphatic carbocycles. The number of carbonyl (C=O) groups is 1. The molecule has 1 saturated carbocycles. The first-order chi connectivity index (χ1) is 11.1. The molecule has 1 aliphatic heterocycles. The standard InChI is InChI=1S/C17H24N2O3S.ClH/c20-17(19-14-9-11-18-12-10-14)13-5-7-16(8-6-13)23(21,22)15-3-1-2-4-15;/h5-8,14-15,18H,1-4,9-12H2,(H,19,20);1H. The topological polar surface area (TPSA) is 75.3 Å². The molecule has 1 saturated heterocycles. The van der Waals surface area contributed by atoms with Gasteiger partial charge in [0.2, 0.25) is 0 Å². The number of carbonyl (C=O) groups excluding carboxylic acids is 1. The van der Waals surface area contributed by atoms with Gasteiger partial charge in [-0.1, -0.05) is 12.8 Å². The van der Waals surface area contributed by atoms with Gasteiger partial charge in [-0.05, 0) is 63.0 Å². The highest BCUT2D eigenvalue weighted by atomic mass is 35.5. The zero-order chi connectivity index (χ0) is 16.3. The maximum atomic E-state index is 12.5. The molecule has 2 fully saturated rings. The van der Waals surface area contributed by atoms with Crippen LogP contribution in [0.5, 0.6) is 0 Å². The lowest BCUT2D eigenvalue weighted by molar-refractivity contribution is 0.0929. The fraction of sp³-hybridized carbons (Fsp3) is 0.588. The molecule has 1 aromatic rings. The molecular weight excluding hydrogens is 348 g/mol. The third kappa shape index (κ3) is 4.29. The molecule has 1 amide bonds. The molecular formula is C17H25ClN2O3S. The first kappa shape index (κ1) is 19.2. The lowest BCUT2D eigenvalue weighted by Crippen LogP contribution is -2.42. The van der Waals surface area contributed by atoms with E-state index in [1.165, 1.54) is 0 Å². The van der Waals surface area contributed by atoms with E-state index in [1.807, 2.05) is 0 Å². The summed E-state index contributed by atoms with van der Waals surface area (Å²) in [6.45, 7) is 1.84. The summed E-state index contributed by atoms with van der Waals surface area (Å²) in [6.07, 6.45) is 5.33. The summed E-state index contributed by atoms with van der Waals surface area (Å²) in [6, 6.07) is 6.59. The van der Waals surface area contributed by atoms with Crippen LogP contribution in [0.4, 0.5) is 0 Å². The Labute approximate surface area is 149 Å². The van der Waals surface area contributed by atoms with Crippen molar-refractivity contribution in [2.75, 3.05) is 13.1 Å². The number of hydrogen-bond acceptors (Lipinski definition) is 4. The zero-order valence-electron chi connectivity index (χ0n) is 13.7. The van der Waals surface area contributed by atoms with Crippen molar-refractivity contribution in [2.24, 2.45) is 0 Å². The Morgan fingerprint density at radius 2 is 1.58 bits per heavy atom. The summed E-state index contributed by atoms with van der Waals surface area (Å²) >= 11 is 0. The molecule has 0 spiro atoms. The largest absolute Gasteiger partial charge is 0.349 e. The molecule has 2 aliphatic rings. The summed E-state index contributed by atoms with van der Waals surface area (Å²) in [7, 11) is -3.25. The first-order valence-corrected chi connectivity index (χ1v) is 9.97. The van der Waals surface area contributed by atoms with Crippen molar-refractivity contribution in [1.29, 1.82) is 0 Å². The molecule has 2 N–H and O–H groups in total. The first-order valence-electron chi connectivity index (χ1n) is 8.43. The second kappa shape index (κ2) is 8.32. The fourth-order valence-electron chi connectivity index (χ4n) is 3.42. The quantitative estimate of drug-likeness (QED) is 0.850. The molecule has 0 atom stereocenters. The van der Waals surface area contributed by atoms with Gasteiger partial charge in [-0.3, -0.25) is 4.79 Å². The van der Waals surface area contributed by atoms with Gasteiger partial charge >= 0.3 is 0 Å². The van der Waals surface area contributed by atoms with E-state index in [9.17, 15) is 13.2 Å². The van der Waals surface area contributed by atoms with E-state index in [0.717, 1.165) is 51.6 Å². The normalized spacial score (nSPS) is 19.7. The maximum absolute atomic E-state index is 12.5. The van der Waals surface area contributed by atoms with Crippen LogP contribution < -0.4 is 10.6 Å². The number of nitrogens with one attached hydrogen (secondary N) is 2. The predicted molar refractivity (Wildman–Crippen MR) is 96.5 cm³/mol. The van der Waals surface area contributed by atoms with Crippen molar-refractivity contribution in [3.8, 4) is 0 Å². The summed E-state index contributed by atoms with van der Waals surface area (Å²) in [5.41, 5.74) is 0.522. The monoisotopic (exact) mass is 372 g/mol. The van der Waals surface area contributed by atoms with Gasteiger partial charge in [0.05, 0.1) is 10.1 Å². The number of amides is 1. The average molecular weight is 373 g/mol. The van der Waals surface area contributed by atoms with E-state index >= 15 is 0 Å². The lowest BCUT2D eigenvalue weighted by Gasteiger charge is -2.23. The van der Waals surface area contributed by atoms with Gasteiger partial charge in [0.15, 0.2) is 9.84 Å². The van der Waals surface area contributed by atoms with Crippen LogP contribution in [0.3, 0.4) is 0 Å². The van der Waals surface area contributed by atoms with Crippen LogP contribution in [0.15, 0.2) is 29.2 Å². The van der Waals surface area contributed by atoms with E-state index in [4.69, 9.17) is 0 Å². The number of piperidine rings is 1. The summed E-state index contributed by atoms with van der Waals surface area (Å²) < 4.78 is 25.0. The van der Waals surface area contributed by atoms with Crippen LogP contribution >= 0.6 is 12.4 Å². The van der Waals surface area contributed by atoms with Gasteiger partial charge in [0.1, 0.15) is 0 Å². The van der Waals surface area contributed by atoms with E-state index in [0.29, 0.717) is 10.5 Å². The van der Waals surface area contributed by atoms with E-state index < -0.39 is 9.84 Å². The van der Waals surface area contributed by atoms with Gasteiger partial charge in [0, 0.05) is 11.6 Å². The van der Waals surface area contributed by atoms with Crippen LogP contribution in [0, 0.1) is 0 Å². The summed E-state index contributed by atoms with van der Waals surface area (Å²) in [4.78, 5) is 12.6. The Bertz CT molecular complexity index is 649. The number of halogens is 1. The SMILES string of the molecule is Cl.O=C(NC1CCNCC1)c1ccc(S(=O)(=O)C2CCCC2)cc1. The van der Waals surface area contributed by atoms with Gasteiger partial charge in [0.25, 0.3) is 5.91 Å². The highest BCUT2D eigenvalue weighted by Gasteiger charge is 2.30. The number of hydrogen-bond donors (Lipinski definition) is 2. The summed E-state index contributed by atoms with van der Waals surface area (Å²) in [5, 5.41) is 6.03. The highest BCUT2D eigenvalue weighted by Crippen LogP contribution is 2.29. The molecule has 3 rings (SSSR count). The zero-order valence-corrected chi connectivity index (χ0v) is 15.3. The van der Waals surface area contributed by atoms with E-state index in [-0.39, 0.29) is 29.6 Å². The molecule has 24 heavy (non-hydrogen) atoms. The van der Waals surface area contributed by atoms with Gasteiger partial charge in [-0.15, -0.1) is 12.4 Å². The third-order valence-electron chi connectivity index (χ3n) is 4.86. The number of benzene rings is 1. The van der Waals surface area contributed by atoms with Crippen LogP contribution in [-0.4, -0.2) is 38.7 Å². The molecule has 0 unspecified atom stereocenters. The Kier molecular flexibility index (Phi) is 6.66.